The van der Waals surface area contributed by atoms with Gasteiger partial charge in [-0.2, -0.15) is 0 Å². The number of rotatable bonds is 4. The Hall–Kier alpha value is -0.600. The summed E-state index contributed by atoms with van der Waals surface area (Å²) in [7, 11) is 0. The first-order valence-electron chi connectivity index (χ1n) is 13.5. The highest BCUT2D eigenvalue weighted by atomic mass is 16.3. The Morgan fingerprint density at radius 3 is 2.25 bits per heavy atom. The fourth-order valence-electron chi connectivity index (χ4n) is 9.38. The van der Waals surface area contributed by atoms with E-state index in [9.17, 15) is 10.2 Å². The van der Waals surface area contributed by atoms with Crippen LogP contribution >= 0.6 is 0 Å². The van der Waals surface area contributed by atoms with E-state index in [1.807, 2.05) is 0 Å². The third-order valence-electron chi connectivity index (χ3n) is 11.4. The molecule has 32 heavy (non-hydrogen) atoms. The molecule has 0 amide bonds. The van der Waals surface area contributed by atoms with Gasteiger partial charge in [-0.1, -0.05) is 57.4 Å². The second-order valence-corrected chi connectivity index (χ2v) is 13.7. The summed E-state index contributed by atoms with van der Waals surface area (Å²) >= 11 is 0. The maximum absolute atomic E-state index is 12.1. The van der Waals surface area contributed by atoms with E-state index in [0.717, 1.165) is 32.1 Å². The predicted octanol–water partition coefficient (Wildman–Crippen LogP) is 7.45. The number of hydrogen-bond donors (Lipinski definition) is 2. The molecular weight excluding hydrogens is 392 g/mol. The lowest BCUT2D eigenvalue weighted by Gasteiger charge is -2.57. The Balaban J connectivity index is 1.62. The fraction of sp³-hybridized carbons (Fsp3) is 0.867. The summed E-state index contributed by atoms with van der Waals surface area (Å²) in [5.74, 6) is 1.83. The summed E-state index contributed by atoms with van der Waals surface area (Å²) in [4.78, 5) is 0. The van der Waals surface area contributed by atoms with Crippen molar-refractivity contribution in [1.82, 2.24) is 0 Å². The van der Waals surface area contributed by atoms with E-state index >= 15 is 0 Å². The van der Waals surface area contributed by atoms with Crippen LogP contribution in [-0.2, 0) is 0 Å². The maximum Gasteiger partial charge on any atom is 0.0689 e. The molecule has 2 N–H and O–H groups in total. The van der Waals surface area contributed by atoms with Gasteiger partial charge in [-0.05, 0) is 113 Å². The molecule has 0 aliphatic heterocycles. The number of allylic oxidation sites excluding steroid dienone is 4. The first-order valence-corrected chi connectivity index (χ1v) is 13.5. The van der Waals surface area contributed by atoms with Crippen molar-refractivity contribution < 1.29 is 10.2 Å². The Kier molecular flexibility index (Phi) is 6.11. The summed E-state index contributed by atoms with van der Waals surface area (Å²) in [6.07, 6.45) is 12.3. The van der Waals surface area contributed by atoms with E-state index in [1.54, 1.807) is 11.1 Å². The summed E-state index contributed by atoms with van der Waals surface area (Å²) < 4.78 is 0. The van der Waals surface area contributed by atoms with Crippen LogP contribution in [0.5, 0.6) is 0 Å². The molecule has 0 heterocycles. The molecule has 0 aromatic heterocycles. The number of aliphatic hydroxyl groups excluding tert-OH is 1. The molecule has 0 aromatic carbocycles. The standard InChI is InChI=1S/C30H50O2/c1-19(2)10-9-11-20(3)21-14-16-28(6)22-12-13-24-27(4,5)26(31)15-17-29(24,7)23(22)18-25(28)30(21,8)32/h10,20-21,24-26,31-32H,9,11-18H2,1-8H3/t20-,21-,24+,25-,26-,28+,29-,30-/m1/s1. The van der Waals surface area contributed by atoms with E-state index in [-0.39, 0.29) is 22.3 Å². The third-order valence-corrected chi connectivity index (χ3v) is 11.4. The summed E-state index contributed by atoms with van der Waals surface area (Å²) in [5, 5.41) is 22.9. The van der Waals surface area contributed by atoms with Gasteiger partial charge in [0, 0.05) is 5.92 Å². The molecule has 2 heteroatoms. The van der Waals surface area contributed by atoms with E-state index < -0.39 is 5.60 Å². The van der Waals surface area contributed by atoms with Crippen LogP contribution in [0.3, 0.4) is 0 Å². The maximum atomic E-state index is 12.1. The molecule has 2 nitrogen and oxygen atoms in total. The van der Waals surface area contributed by atoms with Crippen LogP contribution in [-0.4, -0.2) is 21.9 Å². The van der Waals surface area contributed by atoms with Gasteiger partial charge in [-0.25, -0.2) is 0 Å². The number of aliphatic hydroxyl groups is 2. The van der Waals surface area contributed by atoms with E-state index in [2.05, 4.69) is 61.5 Å². The van der Waals surface area contributed by atoms with Gasteiger partial charge >= 0.3 is 0 Å². The zero-order chi connectivity index (χ0) is 23.7. The van der Waals surface area contributed by atoms with E-state index in [4.69, 9.17) is 0 Å². The van der Waals surface area contributed by atoms with E-state index in [1.165, 1.54) is 31.3 Å². The van der Waals surface area contributed by atoms with Crippen LogP contribution in [0.1, 0.15) is 113 Å². The number of hydrogen-bond acceptors (Lipinski definition) is 2. The van der Waals surface area contributed by atoms with Crippen LogP contribution in [0, 0.1) is 39.9 Å². The molecule has 0 radical (unpaired) electrons. The lowest BCUT2D eigenvalue weighted by molar-refractivity contribution is -0.133. The molecule has 0 saturated heterocycles. The van der Waals surface area contributed by atoms with Gasteiger partial charge in [0.05, 0.1) is 11.7 Å². The molecule has 4 aliphatic carbocycles. The Morgan fingerprint density at radius 1 is 0.969 bits per heavy atom. The van der Waals surface area contributed by atoms with Gasteiger partial charge in [-0.3, -0.25) is 0 Å². The SMILES string of the molecule is CC(C)=CCC[C@@H](C)[C@H]1CC[C@@]2(C)C3=C(C[C@H]2[C@]1(C)O)[C@@]1(C)CC[C@@H](O)C(C)(C)[C@@H]1CC3. The molecule has 0 bridgehead atoms. The summed E-state index contributed by atoms with van der Waals surface area (Å²) in [6.45, 7) is 18.5. The minimum Gasteiger partial charge on any atom is -0.393 e. The van der Waals surface area contributed by atoms with Crippen molar-refractivity contribution in [3.05, 3.63) is 22.8 Å². The smallest absolute Gasteiger partial charge is 0.0689 e. The fourth-order valence-corrected chi connectivity index (χ4v) is 9.38. The van der Waals surface area contributed by atoms with Crippen LogP contribution in [0.15, 0.2) is 22.8 Å². The molecule has 2 fully saturated rings. The van der Waals surface area contributed by atoms with Gasteiger partial charge in [0.15, 0.2) is 0 Å². The van der Waals surface area contributed by atoms with Gasteiger partial charge in [-0.15, -0.1) is 0 Å². The largest absolute Gasteiger partial charge is 0.393 e. The van der Waals surface area contributed by atoms with Crippen LogP contribution in [0.4, 0.5) is 0 Å². The van der Waals surface area contributed by atoms with Crippen molar-refractivity contribution in [3.63, 3.8) is 0 Å². The second kappa shape index (κ2) is 7.98. The molecule has 4 rings (SSSR count). The summed E-state index contributed by atoms with van der Waals surface area (Å²) in [6, 6.07) is 0. The average Bonchev–Trinajstić information content (AvgIpc) is 3.00. The molecule has 0 unspecified atom stereocenters. The predicted molar refractivity (Wildman–Crippen MR) is 134 cm³/mol. The highest BCUT2D eigenvalue weighted by Gasteiger charge is 2.63. The monoisotopic (exact) mass is 442 g/mol. The zero-order valence-electron chi connectivity index (χ0n) is 22.2. The van der Waals surface area contributed by atoms with Crippen molar-refractivity contribution in [1.29, 1.82) is 0 Å². The Bertz CT molecular complexity index is 798. The highest BCUT2D eigenvalue weighted by Crippen LogP contribution is 2.70. The molecule has 4 aliphatic rings. The van der Waals surface area contributed by atoms with Crippen molar-refractivity contribution >= 4 is 0 Å². The quantitative estimate of drug-likeness (QED) is 0.444. The van der Waals surface area contributed by atoms with Crippen molar-refractivity contribution in [2.24, 2.45) is 39.9 Å². The van der Waals surface area contributed by atoms with Crippen LogP contribution in [0.25, 0.3) is 0 Å². The molecule has 2 saturated carbocycles. The van der Waals surface area contributed by atoms with E-state index in [0.29, 0.717) is 23.7 Å². The zero-order valence-corrected chi connectivity index (χ0v) is 22.2. The topological polar surface area (TPSA) is 40.5 Å². The Labute approximate surface area is 198 Å². The first kappa shape index (κ1) is 24.5. The van der Waals surface area contributed by atoms with Gasteiger partial charge in [0.1, 0.15) is 0 Å². The molecule has 8 atom stereocenters. The normalized spacial score (nSPS) is 46.2. The van der Waals surface area contributed by atoms with Crippen molar-refractivity contribution in [3.8, 4) is 0 Å². The lowest BCUT2D eigenvalue weighted by atomic mass is 9.49. The Morgan fingerprint density at radius 2 is 1.59 bits per heavy atom. The lowest BCUT2D eigenvalue weighted by Crippen LogP contribution is -2.54. The van der Waals surface area contributed by atoms with Crippen LogP contribution in [0.2, 0.25) is 0 Å². The van der Waals surface area contributed by atoms with Crippen molar-refractivity contribution in [2.45, 2.75) is 125 Å². The van der Waals surface area contributed by atoms with Crippen molar-refractivity contribution in [2.75, 3.05) is 0 Å². The minimum absolute atomic E-state index is 0.0231. The summed E-state index contributed by atoms with van der Waals surface area (Å²) in [5.41, 5.74) is 4.52. The third kappa shape index (κ3) is 3.49. The molecule has 0 spiro atoms. The van der Waals surface area contributed by atoms with Gasteiger partial charge in [0.2, 0.25) is 0 Å². The molecular formula is C30H50O2. The molecule has 0 aromatic rings. The first-order chi connectivity index (χ1) is 14.8. The number of fused-ring (bicyclic) bond motifs is 4. The molecule has 182 valence electrons. The second-order valence-electron chi connectivity index (χ2n) is 13.7. The van der Waals surface area contributed by atoms with Crippen LogP contribution < -0.4 is 0 Å². The highest BCUT2D eigenvalue weighted by molar-refractivity contribution is 5.40. The van der Waals surface area contributed by atoms with Gasteiger partial charge in [0.25, 0.3) is 0 Å². The average molecular weight is 443 g/mol. The van der Waals surface area contributed by atoms with Gasteiger partial charge < -0.3 is 10.2 Å². The minimum atomic E-state index is -0.607.